The van der Waals surface area contributed by atoms with Crippen LogP contribution in [-0.2, 0) is 11.3 Å². The highest BCUT2D eigenvalue weighted by molar-refractivity contribution is 6.30. The van der Waals surface area contributed by atoms with Crippen molar-refractivity contribution in [3.63, 3.8) is 0 Å². The van der Waals surface area contributed by atoms with Crippen LogP contribution in [-0.4, -0.2) is 71.4 Å². The van der Waals surface area contributed by atoms with Crippen molar-refractivity contribution >= 4 is 17.5 Å². The number of halogens is 1. The first-order valence-electron chi connectivity index (χ1n) is 10.1. The molecule has 6 nitrogen and oxygen atoms in total. The molecule has 28 heavy (non-hydrogen) atoms. The van der Waals surface area contributed by atoms with Gasteiger partial charge in [-0.2, -0.15) is 0 Å². The number of rotatable bonds is 5. The SMILES string of the molecule is O=C(CN1CCCN(Cc2coc(-c3cccc(Cl)c3)n2)CC1)N1CCCC1. The van der Waals surface area contributed by atoms with Gasteiger partial charge in [-0.25, -0.2) is 4.98 Å². The van der Waals surface area contributed by atoms with Crippen LogP contribution in [0.2, 0.25) is 5.02 Å². The highest BCUT2D eigenvalue weighted by atomic mass is 35.5. The normalized spacial score (nSPS) is 19.1. The van der Waals surface area contributed by atoms with Crippen molar-refractivity contribution < 1.29 is 9.21 Å². The number of amides is 1. The molecule has 1 aromatic carbocycles. The Morgan fingerprint density at radius 1 is 1.04 bits per heavy atom. The summed E-state index contributed by atoms with van der Waals surface area (Å²) in [5, 5.41) is 0.674. The van der Waals surface area contributed by atoms with E-state index in [0.717, 1.165) is 76.3 Å². The summed E-state index contributed by atoms with van der Waals surface area (Å²) >= 11 is 6.06. The summed E-state index contributed by atoms with van der Waals surface area (Å²) in [6, 6.07) is 7.54. The van der Waals surface area contributed by atoms with Crippen LogP contribution in [0.1, 0.15) is 25.0 Å². The van der Waals surface area contributed by atoms with Crippen molar-refractivity contribution in [3.8, 4) is 11.5 Å². The van der Waals surface area contributed by atoms with Gasteiger partial charge in [0.2, 0.25) is 11.8 Å². The fraction of sp³-hybridized carbons (Fsp3) is 0.524. The number of carbonyl (C=O) groups is 1. The van der Waals surface area contributed by atoms with Crippen LogP contribution in [0.25, 0.3) is 11.5 Å². The van der Waals surface area contributed by atoms with E-state index in [9.17, 15) is 4.79 Å². The molecular formula is C21H27ClN4O2. The van der Waals surface area contributed by atoms with Crippen molar-refractivity contribution in [2.75, 3.05) is 45.8 Å². The van der Waals surface area contributed by atoms with Crippen LogP contribution >= 0.6 is 11.6 Å². The molecule has 0 unspecified atom stereocenters. The number of oxazole rings is 1. The van der Waals surface area contributed by atoms with E-state index in [4.69, 9.17) is 16.0 Å². The van der Waals surface area contributed by atoms with Crippen molar-refractivity contribution in [1.29, 1.82) is 0 Å². The van der Waals surface area contributed by atoms with E-state index in [2.05, 4.69) is 14.8 Å². The van der Waals surface area contributed by atoms with Crippen molar-refractivity contribution in [3.05, 3.63) is 41.2 Å². The predicted octanol–water partition coefficient (Wildman–Crippen LogP) is 3.13. The first-order valence-corrected chi connectivity index (χ1v) is 10.5. The molecule has 0 bridgehead atoms. The predicted molar refractivity (Wildman–Crippen MR) is 109 cm³/mol. The summed E-state index contributed by atoms with van der Waals surface area (Å²) < 4.78 is 5.65. The fourth-order valence-corrected chi connectivity index (χ4v) is 4.15. The molecule has 0 spiro atoms. The van der Waals surface area contributed by atoms with Crippen molar-refractivity contribution in [1.82, 2.24) is 19.7 Å². The molecule has 2 aliphatic heterocycles. The smallest absolute Gasteiger partial charge is 0.236 e. The molecule has 150 valence electrons. The Labute approximate surface area is 171 Å². The Morgan fingerprint density at radius 2 is 1.82 bits per heavy atom. The van der Waals surface area contributed by atoms with Crippen LogP contribution < -0.4 is 0 Å². The van der Waals surface area contributed by atoms with Gasteiger partial charge in [-0.3, -0.25) is 14.6 Å². The second-order valence-corrected chi connectivity index (χ2v) is 8.08. The average Bonchev–Trinajstić information content (AvgIpc) is 3.33. The largest absolute Gasteiger partial charge is 0.444 e. The van der Waals surface area contributed by atoms with Gasteiger partial charge in [0.1, 0.15) is 6.26 Å². The Bertz CT molecular complexity index is 803. The summed E-state index contributed by atoms with van der Waals surface area (Å²) in [6.07, 6.45) is 5.09. The minimum Gasteiger partial charge on any atom is -0.444 e. The third-order valence-corrected chi connectivity index (χ3v) is 5.74. The summed E-state index contributed by atoms with van der Waals surface area (Å²) in [5.74, 6) is 0.888. The highest BCUT2D eigenvalue weighted by Crippen LogP contribution is 2.22. The summed E-state index contributed by atoms with van der Waals surface area (Å²) in [4.78, 5) is 23.7. The van der Waals surface area contributed by atoms with Crippen molar-refractivity contribution in [2.45, 2.75) is 25.8 Å². The molecule has 0 aliphatic carbocycles. The van der Waals surface area contributed by atoms with Crippen LogP contribution in [0.3, 0.4) is 0 Å². The lowest BCUT2D eigenvalue weighted by Gasteiger charge is -2.23. The van der Waals surface area contributed by atoms with Crippen LogP contribution in [0.4, 0.5) is 0 Å². The molecule has 0 radical (unpaired) electrons. The summed E-state index contributed by atoms with van der Waals surface area (Å²) in [7, 11) is 0. The quantitative estimate of drug-likeness (QED) is 0.769. The molecule has 7 heteroatoms. The second-order valence-electron chi connectivity index (χ2n) is 7.65. The molecule has 2 fully saturated rings. The van der Waals surface area contributed by atoms with E-state index in [0.29, 0.717) is 17.5 Å². The maximum Gasteiger partial charge on any atom is 0.236 e. The van der Waals surface area contributed by atoms with E-state index in [1.807, 2.05) is 29.2 Å². The molecule has 0 N–H and O–H groups in total. The maximum absolute atomic E-state index is 12.4. The maximum atomic E-state index is 12.4. The molecule has 2 aromatic rings. The number of carbonyl (C=O) groups excluding carboxylic acids is 1. The van der Waals surface area contributed by atoms with Gasteiger partial charge < -0.3 is 9.32 Å². The topological polar surface area (TPSA) is 52.8 Å². The zero-order valence-electron chi connectivity index (χ0n) is 16.1. The van der Waals surface area contributed by atoms with Gasteiger partial charge in [0.15, 0.2) is 0 Å². The first-order chi connectivity index (χ1) is 13.7. The van der Waals surface area contributed by atoms with E-state index in [1.54, 1.807) is 6.26 Å². The van der Waals surface area contributed by atoms with E-state index < -0.39 is 0 Å². The third-order valence-electron chi connectivity index (χ3n) is 5.51. The van der Waals surface area contributed by atoms with Gasteiger partial charge in [0, 0.05) is 43.3 Å². The van der Waals surface area contributed by atoms with Gasteiger partial charge in [0.25, 0.3) is 0 Å². The van der Waals surface area contributed by atoms with Crippen LogP contribution in [0.15, 0.2) is 34.9 Å². The minimum absolute atomic E-state index is 0.286. The van der Waals surface area contributed by atoms with Gasteiger partial charge in [-0.05, 0) is 50.6 Å². The average molecular weight is 403 g/mol. The molecule has 1 amide bonds. The number of benzene rings is 1. The number of aromatic nitrogens is 1. The lowest BCUT2D eigenvalue weighted by Crippen LogP contribution is -2.40. The zero-order chi connectivity index (χ0) is 19.3. The van der Waals surface area contributed by atoms with Crippen LogP contribution in [0.5, 0.6) is 0 Å². The Balaban J connectivity index is 1.29. The Morgan fingerprint density at radius 3 is 2.64 bits per heavy atom. The summed E-state index contributed by atoms with van der Waals surface area (Å²) in [5.41, 5.74) is 1.82. The standard InChI is InChI=1S/C21H27ClN4O2/c22-18-6-3-5-17(13-18)21-23-19(16-28-21)14-24-7-4-8-25(12-11-24)15-20(27)26-9-1-2-10-26/h3,5-6,13,16H,1-2,4,7-12,14-15H2. The van der Waals surface area contributed by atoms with Gasteiger partial charge >= 0.3 is 0 Å². The van der Waals surface area contributed by atoms with E-state index in [1.165, 1.54) is 0 Å². The van der Waals surface area contributed by atoms with Gasteiger partial charge in [0.05, 0.1) is 12.2 Å². The second kappa shape index (κ2) is 9.07. The van der Waals surface area contributed by atoms with E-state index in [-0.39, 0.29) is 5.91 Å². The molecule has 0 saturated carbocycles. The minimum atomic E-state index is 0.286. The van der Waals surface area contributed by atoms with Gasteiger partial charge in [-0.1, -0.05) is 17.7 Å². The number of nitrogens with zero attached hydrogens (tertiary/aromatic N) is 4. The molecular weight excluding hydrogens is 376 g/mol. The van der Waals surface area contributed by atoms with E-state index >= 15 is 0 Å². The summed E-state index contributed by atoms with van der Waals surface area (Å²) in [6.45, 7) is 7.01. The zero-order valence-corrected chi connectivity index (χ0v) is 16.9. The number of likely N-dealkylation sites (tertiary alicyclic amines) is 1. The lowest BCUT2D eigenvalue weighted by molar-refractivity contribution is -0.131. The molecule has 4 rings (SSSR count). The van der Waals surface area contributed by atoms with Crippen LogP contribution in [0, 0.1) is 0 Å². The number of hydrogen-bond acceptors (Lipinski definition) is 5. The Hall–Kier alpha value is -1.89. The third kappa shape index (κ3) is 4.93. The molecule has 2 saturated heterocycles. The monoisotopic (exact) mass is 402 g/mol. The fourth-order valence-electron chi connectivity index (χ4n) is 3.96. The molecule has 2 aliphatic rings. The first kappa shape index (κ1) is 19.4. The highest BCUT2D eigenvalue weighted by Gasteiger charge is 2.22. The Kier molecular flexibility index (Phi) is 6.29. The number of hydrogen-bond donors (Lipinski definition) is 0. The molecule has 0 atom stereocenters. The molecule has 1 aromatic heterocycles. The lowest BCUT2D eigenvalue weighted by atomic mass is 10.2. The van der Waals surface area contributed by atoms with Gasteiger partial charge in [-0.15, -0.1) is 0 Å². The van der Waals surface area contributed by atoms with Crippen molar-refractivity contribution in [2.24, 2.45) is 0 Å². The molecule has 3 heterocycles.